The van der Waals surface area contributed by atoms with E-state index in [-0.39, 0.29) is 0 Å². The summed E-state index contributed by atoms with van der Waals surface area (Å²) in [5.41, 5.74) is 2.56. The zero-order valence-corrected chi connectivity index (χ0v) is 15.6. The number of hydrogen-bond acceptors (Lipinski definition) is 3. The van der Waals surface area contributed by atoms with E-state index in [2.05, 4.69) is 65.5 Å². The van der Waals surface area contributed by atoms with Crippen molar-refractivity contribution in [1.82, 2.24) is 10.2 Å². The van der Waals surface area contributed by atoms with Gasteiger partial charge in [-0.25, -0.2) is 0 Å². The van der Waals surface area contributed by atoms with Crippen LogP contribution in [0.3, 0.4) is 0 Å². The Morgan fingerprint density at radius 2 is 1.92 bits per heavy atom. The van der Waals surface area contributed by atoms with Crippen LogP contribution >= 0.6 is 0 Å². The zero-order valence-electron chi connectivity index (χ0n) is 15.6. The second-order valence-corrected chi connectivity index (χ2v) is 6.72. The van der Waals surface area contributed by atoms with E-state index in [4.69, 9.17) is 4.74 Å². The standard InChI is InChI=1S/C19H32N4O/c1-20-19(23(4)13-14-24-15-17-5-6-17)21-12-11-16-7-9-18(10-8-16)22(2)3/h7-10,17H,5-6,11-15H2,1-4H3,(H,20,21). The Labute approximate surface area is 146 Å². The molecule has 1 fully saturated rings. The van der Waals surface area contributed by atoms with Crippen molar-refractivity contribution in [3.05, 3.63) is 29.8 Å². The number of benzene rings is 1. The minimum Gasteiger partial charge on any atom is -0.379 e. The molecule has 2 rings (SSSR count). The van der Waals surface area contributed by atoms with Gasteiger partial charge in [-0.3, -0.25) is 4.99 Å². The van der Waals surface area contributed by atoms with Crippen molar-refractivity contribution in [3.8, 4) is 0 Å². The molecule has 0 unspecified atom stereocenters. The highest BCUT2D eigenvalue weighted by Gasteiger charge is 2.21. The highest BCUT2D eigenvalue weighted by Crippen LogP contribution is 2.28. The van der Waals surface area contributed by atoms with E-state index >= 15 is 0 Å². The van der Waals surface area contributed by atoms with Crippen LogP contribution < -0.4 is 10.2 Å². The maximum Gasteiger partial charge on any atom is 0.193 e. The molecule has 134 valence electrons. The second-order valence-electron chi connectivity index (χ2n) is 6.72. The van der Waals surface area contributed by atoms with Crippen LogP contribution in [0.5, 0.6) is 0 Å². The van der Waals surface area contributed by atoms with Crippen LogP contribution in [0.25, 0.3) is 0 Å². The fourth-order valence-electron chi connectivity index (χ4n) is 2.51. The summed E-state index contributed by atoms with van der Waals surface area (Å²) >= 11 is 0. The van der Waals surface area contributed by atoms with E-state index < -0.39 is 0 Å². The Morgan fingerprint density at radius 1 is 1.21 bits per heavy atom. The first-order chi connectivity index (χ1) is 11.6. The summed E-state index contributed by atoms with van der Waals surface area (Å²) in [5.74, 6) is 1.75. The van der Waals surface area contributed by atoms with E-state index in [0.29, 0.717) is 0 Å². The zero-order chi connectivity index (χ0) is 17.4. The molecule has 0 aliphatic heterocycles. The molecule has 0 aromatic heterocycles. The lowest BCUT2D eigenvalue weighted by atomic mass is 10.1. The third-order valence-corrected chi connectivity index (χ3v) is 4.34. The van der Waals surface area contributed by atoms with Crippen molar-refractivity contribution < 1.29 is 4.74 Å². The fourth-order valence-corrected chi connectivity index (χ4v) is 2.51. The lowest BCUT2D eigenvalue weighted by Crippen LogP contribution is -2.41. The van der Waals surface area contributed by atoms with Gasteiger partial charge in [0.05, 0.1) is 6.61 Å². The number of nitrogens with zero attached hydrogens (tertiary/aromatic N) is 3. The molecule has 1 aliphatic carbocycles. The number of likely N-dealkylation sites (N-methyl/N-ethyl adjacent to an activating group) is 1. The van der Waals surface area contributed by atoms with Crippen molar-refractivity contribution in [2.24, 2.45) is 10.9 Å². The number of aliphatic imine (C=N–C) groups is 1. The Morgan fingerprint density at radius 3 is 2.50 bits per heavy atom. The molecule has 1 aliphatic rings. The summed E-state index contributed by atoms with van der Waals surface area (Å²) < 4.78 is 5.70. The SMILES string of the molecule is CN=C(NCCc1ccc(N(C)C)cc1)N(C)CCOCC1CC1. The smallest absolute Gasteiger partial charge is 0.193 e. The van der Waals surface area contributed by atoms with Crippen molar-refractivity contribution >= 4 is 11.6 Å². The molecule has 5 heteroatoms. The third-order valence-electron chi connectivity index (χ3n) is 4.34. The van der Waals surface area contributed by atoms with E-state index in [1.54, 1.807) is 0 Å². The van der Waals surface area contributed by atoms with E-state index in [9.17, 15) is 0 Å². The summed E-state index contributed by atoms with van der Waals surface area (Å²) in [4.78, 5) is 8.59. The molecular weight excluding hydrogens is 300 g/mol. The van der Waals surface area contributed by atoms with Crippen LogP contribution in [-0.4, -0.2) is 65.4 Å². The molecule has 0 radical (unpaired) electrons. The number of ether oxygens (including phenoxy) is 1. The molecule has 0 spiro atoms. The highest BCUT2D eigenvalue weighted by atomic mass is 16.5. The largest absolute Gasteiger partial charge is 0.379 e. The molecule has 1 aromatic rings. The van der Waals surface area contributed by atoms with Gasteiger partial charge in [0, 0.05) is 53.6 Å². The molecular formula is C19H32N4O. The van der Waals surface area contributed by atoms with E-state index in [1.165, 1.54) is 24.1 Å². The van der Waals surface area contributed by atoms with Crippen molar-refractivity contribution in [2.45, 2.75) is 19.3 Å². The first-order valence-electron chi connectivity index (χ1n) is 8.86. The first kappa shape index (κ1) is 18.6. The van der Waals surface area contributed by atoms with Gasteiger partial charge >= 0.3 is 0 Å². The maximum absolute atomic E-state index is 5.70. The molecule has 1 aromatic carbocycles. The first-order valence-corrected chi connectivity index (χ1v) is 8.86. The molecule has 0 heterocycles. The predicted octanol–water partition coefficient (Wildman–Crippen LogP) is 2.23. The number of nitrogens with one attached hydrogen (secondary N) is 1. The van der Waals surface area contributed by atoms with Gasteiger partial charge in [0.15, 0.2) is 5.96 Å². The van der Waals surface area contributed by atoms with Crippen LogP contribution in [-0.2, 0) is 11.2 Å². The highest BCUT2D eigenvalue weighted by molar-refractivity contribution is 5.79. The summed E-state index contributed by atoms with van der Waals surface area (Å²) in [5, 5.41) is 3.43. The van der Waals surface area contributed by atoms with E-state index in [0.717, 1.165) is 44.6 Å². The molecule has 0 bridgehead atoms. The van der Waals surface area contributed by atoms with Crippen LogP contribution in [0.15, 0.2) is 29.3 Å². The predicted molar refractivity (Wildman–Crippen MR) is 102 cm³/mol. The average molecular weight is 332 g/mol. The molecule has 5 nitrogen and oxygen atoms in total. The lowest BCUT2D eigenvalue weighted by molar-refractivity contribution is 0.115. The number of anilines is 1. The Hall–Kier alpha value is -1.75. The third kappa shape index (κ3) is 6.40. The van der Waals surface area contributed by atoms with Gasteiger partial charge in [-0.15, -0.1) is 0 Å². The summed E-state index contributed by atoms with van der Waals surface area (Å²) in [6.45, 7) is 3.42. The number of rotatable bonds is 9. The number of hydrogen-bond donors (Lipinski definition) is 1. The topological polar surface area (TPSA) is 40.1 Å². The van der Waals surface area contributed by atoms with Gasteiger partial charge < -0.3 is 19.9 Å². The van der Waals surface area contributed by atoms with Crippen LogP contribution in [0.4, 0.5) is 5.69 Å². The summed E-state index contributed by atoms with van der Waals surface area (Å²) in [6.07, 6.45) is 3.67. The van der Waals surface area contributed by atoms with Crippen molar-refractivity contribution in [1.29, 1.82) is 0 Å². The normalized spacial score (nSPS) is 14.6. The van der Waals surface area contributed by atoms with Crippen molar-refractivity contribution in [2.75, 3.05) is 59.4 Å². The maximum atomic E-state index is 5.70. The molecule has 24 heavy (non-hydrogen) atoms. The summed E-state index contributed by atoms with van der Waals surface area (Å²) in [6, 6.07) is 8.70. The van der Waals surface area contributed by atoms with Crippen LogP contribution in [0, 0.1) is 5.92 Å². The Bertz CT molecular complexity index is 509. The molecule has 1 N–H and O–H groups in total. The van der Waals surface area contributed by atoms with Crippen LogP contribution in [0.1, 0.15) is 18.4 Å². The second kappa shape index (κ2) is 9.52. The molecule has 1 saturated carbocycles. The lowest BCUT2D eigenvalue weighted by Gasteiger charge is -2.22. The van der Waals surface area contributed by atoms with E-state index in [1.807, 2.05) is 7.05 Å². The Kier molecular flexibility index (Phi) is 7.37. The monoisotopic (exact) mass is 332 g/mol. The van der Waals surface area contributed by atoms with Gasteiger partial charge in [-0.05, 0) is 42.9 Å². The van der Waals surface area contributed by atoms with Gasteiger partial charge in [0.2, 0.25) is 0 Å². The van der Waals surface area contributed by atoms with Gasteiger partial charge in [-0.1, -0.05) is 12.1 Å². The molecule has 0 atom stereocenters. The molecule has 0 amide bonds. The van der Waals surface area contributed by atoms with Gasteiger partial charge in [0.1, 0.15) is 0 Å². The average Bonchev–Trinajstić information content (AvgIpc) is 3.40. The molecule has 0 saturated heterocycles. The minimum atomic E-state index is 0.764. The number of guanidine groups is 1. The quantitative estimate of drug-likeness (QED) is 0.428. The van der Waals surface area contributed by atoms with Crippen LogP contribution in [0.2, 0.25) is 0 Å². The summed E-state index contributed by atoms with van der Waals surface area (Å²) in [7, 11) is 8.01. The van der Waals surface area contributed by atoms with Gasteiger partial charge in [0.25, 0.3) is 0 Å². The van der Waals surface area contributed by atoms with Crippen molar-refractivity contribution in [3.63, 3.8) is 0 Å². The minimum absolute atomic E-state index is 0.764. The van der Waals surface area contributed by atoms with Gasteiger partial charge in [-0.2, -0.15) is 0 Å². The Balaban J connectivity index is 1.66. The fraction of sp³-hybridized carbons (Fsp3) is 0.632.